The van der Waals surface area contributed by atoms with Crippen LogP contribution < -0.4 is 5.32 Å². The lowest BCUT2D eigenvalue weighted by molar-refractivity contribution is 0.0554. The molecule has 20 heavy (non-hydrogen) atoms. The molecule has 0 amide bonds. The minimum atomic E-state index is 0.494. The molecule has 0 radical (unpaired) electrons. The van der Waals surface area contributed by atoms with Crippen molar-refractivity contribution in [1.29, 1.82) is 0 Å². The van der Waals surface area contributed by atoms with Crippen molar-refractivity contribution in [1.82, 2.24) is 10.2 Å². The van der Waals surface area contributed by atoms with E-state index in [1.165, 1.54) is 77.4 Å². The van der Waals surface area contributed by atoms with Crippen LogP contribution >= 0.6 is 0 Å². The first-order chi connectivity index (χ1) is 9.71. The fourth-order valence-electron chi connectivity index (χ4n) is 4.88. The second kappa shape index (κ2) is 6.36. The van der Waals surface area contributed by atoms with Crippen LogP contribution in [-0.2, 0) is 0 Å². The van der Waals surface area contributed by atoms with Gasteiger partial charge in [0.05, 0.1) is 0 Å². The van der Waals surface area contributed by atoms with E-state index in [1.807, 2.05) is 0 Å². The Labute approximate surface area is 125 Å². The zero-order chi connectivity index (χ0) is 14.0. The van der Waals surface area contributed by atoms with Gasteiger partial charge in [0.15, 0.2) is 0 Å². The van der Waals surface area contributed by atoms with Crippen LogP contribution in [0.3, 0.4) is 0 Å². The third-order valence-electron chi connectivity index (χ3n) is 6.39. The summed E-state index contributed by atoms with van der Waals surface area (Å²) in [5.41, 5.74) is 0.494. The fraction of sp³-hybridized carbons (Fsp3) is 1.00. The monoisotopic (exact) mass is 278 g/mol. The van der Waals surface area contributed by atoms with Gasteiger partial charge in [-0.2, -0.15) is 0 Å². The standard InChI is InChI=1S/C18H34N2/c1-3-17-12-19-18(10-4-5-11-18)14-20(17)13-16-8-6-15(2)7-9-16/h15-17,19H,3-14H2,1-2H3. The van der Waals surface area contributed by atoms with E-state index in [0.717, 1.165) is 17.9 Å². The molecule has 1 unspecified atom stereocenters. The van der Waals surface area contributed by atoms with Crippen LogP contribution in [0.1, 0.15) is 71.6 Å². The third-order valence-corrected chi connectivity index (χ3v) is 6.39. The summed E-state index contributed by atoms with van der Waals surface area (Å²) >= 11 is 0. The molecular formula is C18H34N2. The van der Waals surface area contributed by atoms with Crippen LogP contribution in [0.4, 0.5) is 0 Å². The van der Waals surface area contributed by atoms with Crippen LogP contribution in [0, 0.1) is 11.8 Å². The molecule has 0 aromatic heterocycles. The van der Waals surface area contributed by atoms with Gasteiger partial charge in [-0.1, -0.05) is 39.5 Å². The predicted octanol–water partition coefficient (Wildman–Crippen LogP) is 3.81. The second-order valence-electron chi connectivity index (χ2n) is 7.99. The molecule has 0 bridgehead atoms. The maximum atomic E-state index is 3.93. The molecule has 2 nitrogen and oxygen atoms in total. The molecule has 3 rings (SSSR count). The summed E-state index contributed by atoms with van der Waals surface area (Å²) in [6.45, 7) is 8.75. The number of hydrogen-bond donors (Lipinski definition) is 1. The molecule has 3 fully saturated rings. The number of hydrogen-bond acceptors (Lipinski definition) is 2. The maximum Gasteiger partial charge on any atom is 0.0309 e. The minimum Gasteiger partial charge on any atom is -0.308 e. The molecule has 1 aliphatic heterocycles. The SMILES string of the molecule is CCC1CNC2(CCCC2)CN1CC1CCC(C)CC1. The van der Waals surface area contributed by atoms with Gasteiger partial charge in [-0.15, -0.1) is 0 Å². The Morgan fingerprint density at radius 1 is 1.10 bits per heavy atom. The predicted molar refractivity (Wildman–Crippen MR) is 86.0 cm³/mol. The van der Waals surface area contributed by atoms with E-state index in [9.17, 15) is 0 Å². The molecule has 1 heterocycles. The van der Waals surface area contributed by atoms with E-state index < -0.39 is 0 Å². The highest BCUT2D eigenvalue weighted by Crippen LogP contribution is 2.35. The molecule has 1 spiro atoms. The first kappa shape index (κ1) is 14.8. The Hall–Kier alpha value is -0.0800. The molecule has 2 aliphatic carbocycles. The maximum absolute atomic E-state index is 3.93. The Morgan fingerprint density at radius 2 is 1.80 bits per heavy atom. The third kappa shape index (κ3) is 3.22. The lowest BCUT2D eigenvalue weighted by atomic mass is 9.82. The topological polar surface area (TPSA) is 15.3 Å². The van der Waals surface area contributed by atoms with Crippen LogP contribution in [-0.4, -0.2) is 36.1 Å². The van der Waals surface area contributed by atoms with Gasteiger partial charge in [-0.05, 0) is 43.9 Å². The van der Waals surface area contributed by atoms with Gasteiger partial charge < -0.3 is 5.32 Å². The Kier molecular flexibility index (Phi) is 4.72. The molecular weight excluding hydrogens is 244 g/mol. The normalized spacial score (nSPS) is 38.4. The van der Waals surface area contributed by atoms with Crippen molar-refractivity contribution in [3.8, 4) is 0 Å². The van der Waals surface area contributed by atoms with Gasteiger partial charge in [-0.3, -0.25) is 4.90 Å². The fourth-order valence-corrected chi connectivity index (χ4v) is 4.88. The average Bonchev–Trinajstić information content (AvgIpc) is 2.90. The zero-order valence-electron chi connectivity index (χ0n) is 13.7. The Bertz CT molecular complexity index is 301. The minimum absolute atomic E-state index is 0.494. The van der Waals surface area contributed by atoms with E-state index in [-0.39, 0.29) is 0 Å². The summed E-state index contributed by atoms with van der Waals surface area (Å²) in [6.07, 6.45) is 12.9. The highest BCUT2D eigenvalue weighted by atomic mass is 15.3. The van der Waals surface area contributed by atoms with Crippen molar-refractivity contribution < 1.29 is 0 Å². The first-order valence-electron chi connectivity index (χ1n) is 9.20. The first-order valence-corrected chi connectivity index (χ1v) is 9.20. The summed E-state index contributed by atoms with van der Waals surface area (Å²) in [5, 5.41) is 3.93. The summed E-state index contributed by atoms with van der Waals surface area (Å²) in [4.78, 5) is 2.88. The van der Waals surface area contributed by atoms with Crippen molar-refractivity contribution in [2.45, 2.75) is 83.2 Å². The van der Waals surface area contributed by atoms with Crippen LogP contribution in [0.25, 0.3) is 0 Å². The largest absolute Gasteiger partial charge is 0.308 e. The summed E-state index contributed by atoms with van der Waals surface area (Å²) in [5.74, 6) is 1.97. The molecule has 116 valence electrons. The molecule has 2 heteroatoms. The molecule has 3 aliphatic rings. The van der Waals surface area contributed by atoms with E-state index in [2.05, 4.69) is 24.1 Å². The smallest absolute Gasteiger partial charge is 0.0309 e. The van der Waals surface area contributed by atoms with Crippen molar-refractivity contribution in [3.05, 3.63) is 0 Å². The van der Waals surface area contributed by atoms with Crippen LogP contribution in [0.15, 0.2) is 0 Å². The molecule has 1 atom stereocenters. The number of nitrogens with one attached hydrogen (secondary N) is 1. The molecule has 1 N–H and O–H groups in total. The van der Waals surface area contributed by atoms with E-state index >= 15 is 0 Å². The van der Waals surface area contributed by atoms with Crippen LogP contribution in [0.5, 0.6) is 0 Å². The van der Waals surface area contributed by atoms with Crippen molar-refractivity contribution in [2.75, 3.05) is 19.6 Å². The van der Waals surface area contributed by atoms with Crippen molar-refractivity contribution in [3.63, 3.8) is 0 Å². The molecule has 2 saturated carbocycles. The van der Waals surface area contributed by atoms with Gasteiger partial charge in [0, 0.05) is 31.2 Å². The van der Waals surface area contributed by atoms with Crippen molar-refractivity contribution in [2.24, 2.45) is 11.8 Å². The summed E-state index contributed by atoms with van der Waals surface area (Å²) in [6, 6.07) is 0.792. The molecule has 1 saturated heterocycles. The van der Waals surface area contributed by atoms with Gasteiger partial charge in [0.1, 0.15) is 0 Å². The van der Waals surface area contributed by atoms with Gasteiger partial charge in [-0.25, -0.2) is 0 Å². The van der Waals surface area contributed by atoms with Gasteiger partial charge >= 0.3 is 0 Å². The zero-order valence-corrected chi connectivity index (χ0v) is 13.7. The highest BCUT2D eigenvalue weighted by molar-refractivity contribution is 5.01. The second-order valence-corrected chi connectivity index (χ2v) is 7.99. The molecule has 0 aromatic carbocycles. The van der Waals surface area contributed by atoms with E-state index in [4.69, 9.17) is 0 Å². The lowest BCUT2D eigenvalue weighted by Gasteiger charge is -2.47. The molecule has 0 aromatic rings. The average molecular weight is 278 g/mol. The number of nitrogens with zero attached hydrogens (tertiary/aromatic N) is 1. The van der Waals surface area contributed by atoms with E-state index in [1.54, 1.807) is 0 Å². The van der Waals surface area contributed by atoms with Crippen LogP contribution in [0.2, 0.25) is 0 Å². The Balaban J connectivity index is 1.59. The van der Waals surface area contributed by atoms with Gasteiger partial charge in [0.25, 0.3) is 0 Å². The van der Waals surface area contributed by atoms with E-state index in [0.29, 0.717) is 5.54 Å². The summed E-state index contributed by atoms with van der Waals surface area (Å²) in [7, 11) is 0. The summed E-state index contributed by atoms with van der Waals surface area (Å²) < 4.78 is 0. The van der Waals surface area contributed by atoms with Gasteiger partial charge in [0.2, 0.25) is 0 Å². The lowest BCUT2D eigenvalue weighted by Crippen LogP contribution is -2.63. The quantitative estimate of drug-likeness (QED) is 0.844. The number of rotatable bonds is 3. The number of piperazine rings is 1. The highest BCUT2D eigenvalue weighted by Gasteiger charge is 2.41. The Morgan fingerprint density at radius 3 is 2.45 bits per heavy atom. The van der Waals surface area contributed by atoms with Crippen molar-refractivity contribution >= 4 is 0 Å².